The summed E-state index contributed by atoms with van der Waals surface area (Å²) in [7, 11) is 0. The first kappa shape index (κ1) is 20.6. The third kappa shape index (κ3) is 4.73. The molecule has 158 valence electrons. The summed E-state index contributed by atoms with van der Waals surface area (Å²) < 4.78 is 0. The second-order valence-electron chi connectivity index (χ2n) is 8.55. The summed E-state index contributed by atoms with van der Waals surface area (Å²) in [5, 5.41) is 3.12. The van der Waals surface area contributed by atoms with Crippen molar-refractivity contribution >= 4 is 17.5 Å². The van der Waals surface area contributed by atoms with Crippen molar-refractivity contribution < 1.29 is 9.59 Å². The van der Waals surface area contributed by atoms with Gasteiger partial charge in [0.15, 0.2) is 0 Å². The Morgan fingerprint density at radius 1 is 0.967 bits per heavy atom. The van der Waals surface area contributed by atoms with Crippen molar-refractivity contribution in [2.45, 2.75) is 39.2 Å². The van der Waals surface area contributed by atoms with E-state index in [0.29, 0.717) is 11.3 Å². The van der Waals surface area contributed by atoms with Crippen LogP contribution in [0.1, 0.15) is 47.2 Å². The van der Waals surface area contributed by atoms with Gasteiger partial charge in [0.05, 0.1) is 17.2 Å². The van der Waals surface area contributed by atoms with E-state index in [1.54, 1.807) is 0 Å². The van der Waals surface area contributed by atoms with Crippen molar-refractivity contribution in [3.63, 3.8) is 0 Å². The highest BCUT2D eigenvalue weighted by Crippen LogP contribution is 2.26. The molecule has 5 nitrogen and oxygen atoms in total. The predicted octanol–water partition coefficient (Wildman–Crippen LogP) is 4.08. The highest BCUT2D eigenvalue weighted by molar-refractivity contribution is 6.05. The molecule has 30 heavy (non-hydrogen) atoms. The van der Waals surface area contributed by atoms with Gasteiger partial charge in [0.2, 0.25) is 5.91 Å². The molecular weight excluding hydrogens is 374 g/mol. The standard InChI is InChI=1S/C25H31N3O2/c1-19-9-7-13-22(25(30)28-15-5-6-16-28)23(19)26-24(29)21-12-8-14-27(18-21)17-20-10-3-2-4-11-20/h2-4,7,9-11,13,21H,5-6,8,12,14-18H2,1H3,(H,26,29). The minimum Gasteiger partial charge on any atom is -0.339 e. The molecule has 2 aliphatic rings. The second-order valence-corrected chi connectivity index (χ2v) is 8.55. The fourth-order valence-corrected chi connectivity index (χ4v) is 4.58. The summed E-state index contributed by atoms with van der Waals surface area (Å²) in [5.41, 5.74) is 3.50. The minimum atomic E-state index is -0.0585. The van der Waals surface area contributed by atoms with E-state index in [1.165, 1.54) is 5.56 Å². The Morgan fingerprint density at radius 2 is 1.73 bits per heavy atom. The second kappa shape index (κ2) is 9.43. The number of likely N-dealkylation sites (tertiary alicyclic amines) is 2. The van der Waals surface area contributed by atoms with Crippen LogP contribution in [0, 0.1) is 12.8 Å². The van der Waals surface area contributed by atoms with E-state index in [1.807, 2.05) is 36.1 Å². The molecule has 4 rings (SSSR count). The van der Waals surface area contributed by atoms with Crippen LogP contribution in [-0.4, -0.2) is 47.8 Å². The van der Waals surface area contributed by atoms with Gasteiger partial charge in [-0.05, 0) is 56.3 Å². The molecule has 0 saturated carbocycles. The summed E-state index contributed by atoms with van der Waals surface area (Å²) in [5.74, 6) is -0.00445. The van der Waals surface area contributed by atoms with Crippen molar-refractivity contribution in [2.75, 3.05) is 31.5 Å². The molecule has 0 aromatic heterocycles. The number of amides is 2. The molecule has 5 heteroatoms. The zero-order valence-corrected chi connectivity index (χ0v) is 17.8. The molecule has 2 fully saturated rings. The van der Waals surface area contributed by atoms with E-state index < -0.39 is 0 Å². The van der Waals surface area contributed by atoms with Gasteiger partial charge >= 0.3 is 0 Å². The van der Waals surface area contributed by atoms with Crippen molar-refractivity contribution in [1.82, 2.24) is 9.80 Å². The van der Waals surface area contributed by atoms with Gasteiger partial charge in [-0.3, -0.25) is 14.5 Å². The lowest BCUT2D eigenvalue weighted by molar-refractivity contribution is -0.121. The van der Waals surface area contributed by atoms with Crippen LogP contribution in [-0.2, 0) is 11.3 Å². The van der Waals surface area contributed by atoms with E-state index in [-0.39, 0.29) is 17.7 Å². The quantitative estimate of drug-likeness (QED) is 0.815. The number of carbonyl (C=O) groups is 2. The molecule has 0 bridgehead atoms. The molecule has 0 spiro atoms. The zero-order chi connectivity index (χ0) is 20.9. The first-order valence-electron chi connectivity index (χ1n) is 11.1. The number of hydrogen-bond acceptors (Lipinski definition) is 3. The van der Waals surface area contributed by atoms with Gasteiger partial charge < -0.3 is 10.2 Å². The van der Waals surface area contributed by atoms with Crippen molar-refractivity contribution in [1.29, 1.82) is 0 Å². The lowest BCUT2D eigenvalue weighted by Gasteiger charge is -2.32. The highest BCUT2D eigenvalue weighted by atomic mass is 16.2. The van der Waals surface area contributed by atoms with Gasteiger partial charge in [-0.1, -0.05) is 42.5 Å². The predicted molar refractivity (Wildman–Crippen MR) is 119 cm³/mol. The zero-order valence-electron chi connectivity index (χ0n) is 17.8. The molecule has 0 radical (unpaired) electrons. The van der Waals surface area contributed by atoms with E-state index in [9.17, 15) is 9.59 Å². The third-order valence-corrected chi connectivity index (χ3v) is 6.27. The molecule has 2 aromatic carbocycles. The number of benzene rings is 2. The molecular formula is C25H31N3O2. The number of nitrogens with one attached hydrogen (secondary N) is 1. The minimum absolute atomic E-state index is 0.0255. The lowest BCUT2D eigenvalue weighted by Crippen LogP contribution is -2.40. The van der Waals surface area contributed by atoms with Gasteiger partial charge in [-0.25, -0.2) is 0 Å². The number of carbonyl (C=O) groups excluding carboxylic acids is 2. The number of rotatable bonds is 5. The van der Waals surface area contributed by atoms with E-state index in [0.717, 1.165) is 64.0 Å². The molecule has 1 atom stereocenters. The largest absolute Gasteiger partial charge is 0.339 e. The van der Waals surface area contributed by atoms with E-state index >= 15 is 0 Å². The molecule has 2 aliphatic heterocycles. The maximum Gasteiger partial charge on any atom is 0.255 e. The van der Waals surface area contributed by atoms with Crippen LogP contribution in [0.25, 0.3) is 0 Å². The number of aryl methyl sites for hydroxylation is 1. The summed E-state index contributed by atoms with van der Waals surface area (Å²) in [6, 6.07) is 16.1. The summed E-state index contributed by atoms with van der Waals surface area (Å²) in [6.45, 7) is 6.20. The molecule has 2 amide bonds. The Morgan fingerprint density at radius 3 is 2.50 bits per heavy atom. The maximum atomic E-state index is 13.2. The van der Waals surface area contributed by atoms with Crippen LogP contribution in [0.15, 0.2) is 48.5 Å². The average Bonchev–Trinajstić information content (AvgIpc) is 3.30. The van der Waals surface area contributed by atoms with Gasteiger partial charge in [0, 0.05) is 26.2 Å². The Hall–Kier alpha value is -2.66. The Balaban J connectivity index is 1.45. The molecule has 0 aliphatic carbocycles. The van der Waals surface area contributed by atoms with Gasteiger partial charge in [0.25, 0.3) is 5.91 Å². The first-order chi connectivity index (χ1) is 14.6. The number of piperidine rings is 1. The highest BCUT2D eigenvalue weighted by Gasteiger charge is 2.28. The molecule has 1 unspecified atom stereocenters. The fourth-order valence-electron chi connectivity index (χ4n) is 4.58. The van der Waals surface area contributed by atoms with Crippen molar-refractivity contribution in [2.24, 2.45) is 5.92 Å². The Kier molecular flexibility index (Phi) is 6.48. The SMILES string of the molecule is Cc1cccc(C(=O)N2CCCC2)c1NC(=O)C1CCCN(Cc2ccccc2)C1. The first-order valence-corrected chi connectivity index (χ1v) is 11.1. The van der Waals surface area contributed by atoms with Crippen LogP contribution in [0.2, 0.25) is 0 Å². The van der Waals surface area contributed by atoms with Crippen LogP contribution >= 0.6 is 0 Å². The monoisotopic (exact) mass is 405 g/mol. The maximum absolute atomic E-state index is 13.2. The third-order valence-electron chi connectivity index (χ3n) is 6.27. The van der Waals surface area contributed by atoms with Crippen LogP contribution < -0.4 is 5.32 Å². The average molecular weight is 406 g/mol. The van der Waals surface area contributed by atoms with Crippen LogP contribution in [0.5, 0.6) is 0 Å². The summed E-state index contributed by atoms with van der Waals surface area (Å²) in [4.78, 5) is 30.4. The fraction of sp³-hybridized carbons (Fsp3) is 0.440. The Labute approximate surface area is 179 Å². The normalized spacial score (nSPS) is 19.6. The summed E-state index contributed by atoms with van der Waals surface area (Å²) >= 11 is 0. The Bertz CT molecular complexity index is 891. The van der Waals surface area contributed by atoms with Gasteiger partial charge in [-0.15, -0.1) is 0 Å². The smallest absolute Gasteiger partial charge is 0.255 e. The van der Waals surface area contributed by atoms with Crippen LogP contribution in [0.4, 0.5) is 5.69 Å². The topological polar surface area (TPSA) is 52.7 Å². The van der Waals surface area contributed by atoms with Crippen LogP contribution in [0.3, 0.4) is 0 Å². The lowest BCUT2D eigenvalue weighted by atomic mass is 9.96. The van der Waals surface area contributed by atoms with Gasteiger partial charge in [-0.2, -0.15) is 0 Å². The number of nitrogens with zero attached hydrogens (tertiary/aromatic N) is 2. The molecule has 2 aromatic rings. The molecule has 1 N–H and O–H groups in total. The summed E-state index contributed by atoms with van der Waals surface area (Å²) in [6.07, 6.45) is 4.01. The number of anilines is 1. The van der Waals surface area contributed by atoms with E-state index in [2.05, 4.69) is 34.5 Å². The van der Waals surface area contributed by atoms with Crippen molar-refractivity contribution in [3.8, 4) is 0 Å². The number of hydrogen-bond donors (Lipinski definition) is 1. The van der Waals surface area contributed by atoms with Gasteiger partial charge in [0.1, 0.15) is 0 Å². The molecule has 2 heterocycles. The number of para-hydroxylation sites is 1. The molecule has 2 saturated heterocycles. The van der Waals surface area contributed by atoms with Crippen molar-refractivity contribution in [3.05, 3.63) is 65.2 Å². The van der Waals surface area contributed by atoms with E-state index in [4.69, 9.17) is 0 Å².